The minimum Gasteiger partial charge on any atom is -0.389 e. The molecule has 0 bridgehead atoms. The van der Waals surface area contributed by atoms with E-state index >= 15 is 0 Å². The summed E-state index contributed by atoms with van der Waals surface area (Å²) in [6, 6.07) is 10.2. The molecule has 0 unspecified atom stereocenters. The molecular weight excluding hydrogens is 250 g/mol. The second-order valence-corrected chi connectivity index (χ2v) is 5.65. The van der Waals surface area contributed by atoms with Gasteiger partial charge in [-0.15, -0.1) is 0 Å². The van der Waals surface area contributed by atoms with Crippen LogP contribution in [0.2, 0.25) is 0 Å². The molecule has 3 rings (SSSR count). The minimum atomic E-state index is -0.480. The Morgan fingerprint density at radius 1 is 1.30 bits per heavy atom. The van der Waals surface area contributed by atoms with E-state index in [1.807, 2.05) is 31.3 Å². The molecule has 0 saturated heterocycles. The molecule has 1 aliphatic rings. The quantitative estimate of drug-likeness (QED) is 0.876. The van der Waals surface area contributed by atoms with Gasteiger partial charge in [0.25, 0.3) is 0 Å². The largest absolute Gasteiger partial charge is 0.389 e. The van der Waals surface area contributed by atoms with E-state index < -0.39 is 5.60 Å². The van der Waals surface area contributed by atoms with E-state index in [9.17, 15) is 5.11 Å². The topological polar surface area (TPSA) is 50.1 Å². The zero-order valence-electron chi connectivity index (χ0n) is 11.8. The number of rotatable bonds is 5. The molecule has 1 heterocycles. The molecule has 0 atom stereocenters. The Morgan fingerprint density at radius 2 is 2.05 bits per heavy atom. The number of aliphatic hydroxyl groups is 1. The summed E-state index contributed by atoms with van der Waals surface area (Å²) < 4.78 is 2.15. The lowest BCUT2D eigenvalue weighted by Gasteiger charge is -2.36. The molecule has 106 valence electrons. The second-order valence-electron chi connectivity index (χ2n) is 5.65. The predicted octanol–water partition coefficient (Wildman–Crippen LogP) is 2.19. The summed E-state index contributed by atoms with van der Waals surface area (Å²) in [5.41, 5.74) is 1.77. The lowest BCUT2D eigenvalue weighted by Crippen LogP contribution is -2.46. The fourth-order valence-electron chi connectivity index (χ4n) is 2.73. The highest BCUT2D eigenvalue weighted by molar-refractivity contribution is 5.35. The van der Waals surface area contributed by atoms with Crippen LogP contribution >= 0.6 is 0 Å². The summed E-state index contributed by atoms with van der Waals surface area (Å²) in [6.07, 6.45) is 4.87. The summed E-state index contributed by atoms with van der Waals surface area (Å²) in [7, 11) is 0. The van der Waals surface area contributed by atoms with Crippen molar-refractivity contribution < 1.29 is 5.11 Å². The zero-order valence-corrected chi connectivity index (χ0v) is 11.8. The molecule has 1 aromatic carbocycles. The van der Waals surface area contributed by atoms with Crippen LogP contribution in [-0.4, -0.2) is 26.8 Å². The molecule has 4 nitrogen and oxygen atoms in total. The van der Waals surface area contributed by atoms with Crippen LogP contribution in [0.1, 0.15) is 30.8 Å². The SMILES string of the molecule is Cc1ncc(CNCC2(O)CCC2)n1-c1ccccc1. The van der Waals surface area contributed by atoms with Crippen molar-refractivity contribution in [3.8, 4) is 5.69 Å². The van der Waals surface area contributed by atoms with Crippen molar-refractivity contribution in [3.63, 3.8) is 0 Å². The van der Waals surface area contributed by atoms with Crippen LogP contribution < -0.4 is 5.32 Å². The highest BCUT2D eigenvalue weighted by atomic mass is 16.3. The Hall–Kier alpha value is -1.65. The van der Waals surface area contributed by atoms with Gasteiger partial charge in [0.05, 0.1) is 17.5 Å². The molecule has 0 radical (unpaired) electrons. The van der Waals surface area contributed by atoms with Gasteiger partial charge in [0.1, 0.15) is 5.82 Å². The maximum absolute atomic E-state index is 10.1. The molecule has 0 aliphatic heterocycles. The Balaban J connectivity index is 1.71. The van der Waals surface area contributed by atoms with Gasteiger partial charge in [-0.05, 0) is 38.3 Å². The highest BCUT2D eigenvalue weighted by Gasteiger charge is 2.33. The molecule has 20 heavy (non-hydrogen) atoms. The van der Waals surface area contributed by atoms with Crippen molar-refractivity contribution in [2.45, 2.75) is 38.3 Å². The standard InChI is InChI=1S/C16H21N3O/c1-13-18-11-15(10-17-12-16(20)8-5-9-16)19(13)14-6-3-2-4-7-14/h2-4,6-7,11,17,20H,5,8-10,12H2,1H3. The zero-order chi connectivity index (χ0) is 14.0. The first kappa shape index (κ1) is 13.3. The number of imidazole rings is 1. The van der Waals surface area contributed by atoms with E-state index in [1.54, 1.807) is 0 Å². The van der Waals surface area contributed by atoms with Gasteiger partial charge in [0.15, 0.2) is 0 Å². The van der Waals surface area contributed by atoms with Crippen LogP contribution in [0.25, 0.3) is 5.69 Å². The van der Waals surface area contributed by atoms with Gasteiger partial charge >= 0.3 is 0 Å². The van der Waals surface area contributed by atoms with Gasteiger partial charge in [0, 0.05) is 18.8 Å². The average molecular weight is 271 g/mol. The van der Waals surface area contributed by atoms with Gasteiger partial charge in [-0.25, -0.2) is 4.98 Å². The maximum Gasteiger partial charge on any atom is 0.110 e. The highest BCUT2D eigenvalue weighted by Crippen LogP contribution is 2.30. The third-order valence-corrected chi connectivity index (χ3v) is 4.07. The molecule has 0 amide bonds. The summed E-state index contributed by atoms with van der Waals surface area (Å²) in [6.45, 7) is 3.39. The molecule has 1 fully saturated rings. The molecular formula is C16H21N3O. The third kappa shape index (κ3) is 2.62. The van der Waals surface area contributed by atoms with E-state index in [1.165, 1.54) is 0 Å². The van der Waals surface area contributed by atoms with E-state index in [0.29, 0.717) is 6.54 Å². The monoisotopic (exact) mass is 271 g/mol. The van der Waals surface area contributed by atoms with Gasteiger partial charge in [-0.3, -0.25) is 4.57 Å². The van der Waals surface area contributed by atoms with Gasteiger partial charge in [-0.2, -0.15) is 0 Å². The predicted molar refractivity (Wildman–Crippen MR) is 78.8 cm³/mol. The van der Waals surface area contributed by atoms with Crippen LogP contribution in [0.15, 0.2) is 36.5 Å². The van der Waals surface area contributed by atoms with Gasteiger partial charge < -0.3 is 10.4 Å². The molecule has 2 aromatic rings. The number of aromatic nitrogens is 2. The molecule has 0 spiro atoms. The fraction of sp³-hybridized carbons (Fsp3) is 0.438. The number of aryl methyl sites for hydroxylation is 1. The fourth-order valence-corrected chi connectivity index (χ4v) is 2.73. The Bertz CT molecular complexity index is 573. The Labute approximate surface area is 119 Å². The Kier molecular flexibility index (Phi) is 3.59. The van der Waals surface area contributed by atoms with Crippen molar-refractivity contribution in [1.82, 2.24) is 14.9 Å². The summed E-state index contributed by atoms with van der Waals surface area (Å²) >= 11 is 0. The van der Waals surface area contributed by atoms with Crippen LogP contribution in [0.5, 0.6) is 0 Å². The van der Waals surface area contributed by atoms with Crippen LogP contribution in [0, 0.1) is 6.92 Å². The van der Waals surface area contributed by atoms with Crippen molar-refractivity contribution >= 4 is 0 Å². The smallest absolute Gasteiger partial charge is 0.110 e. The van der Waals surface area contributed by atoms with Crippen molar-refractivity contribution in [2.75, 3.05) is 6.54 Å². The molecule has 4 heteroatoms. The number of para-hydroxylation sites is 1. The molecule has 1 aliphatic carbocycles. The summed E-state index contributed by atoms with van der Waals surface area (Å²) in [4.78, 5) is 4.40. The molecule has 1 saturated carbocycles. The van der Waals surface area contributed by atoms with E-state index in [-0.39, 0.29) is 0 Å². The molecule has 2 N–H and O–H groups in total. The number of hydrogen-bond acceptors (Lipinski definition) is 3. The first-order chi connectivity index (χ1) is 9.68. The van der Waals surface area contributed by atoms with Gasteiger partial charge in [0.2, 0.25) is 0 Å². The van der Waals surface area contributed by atoms with E-state index in [2.05, 4.69) is 27.0 Å². The lowest BCUT2D eigenvalue weighted by atomic mass is 9.80. The maximum atomic E-state index is 10.1. The van der Waals surface area contributed by atoms with Crippen molar-refractivity contribution in [1.29, 1.82) is 0 Å². The summed E-state index contributed by atoms with van der Waals surface area (Å²) in [5.74, 6) is 0.982. The first-order valence-electron chi connectivity index (χ1n) is 7.20. The number of hydrogen-bond donors (Lipinski definition) is 2. The van der Waals surface area contributed by atoms with Gasteiger partial charge in [-0.1, -0.05) is 18.2 Å². The van der Waals surface area contributed by atoms with Crippen molar-refractivity contribution in [3.05, 3.63) is 48.0 Å². The van der Waals surface area contributed by atoms with E-state index in [0.717, 1.165) is 43.0 Å². The summed E-state index contributed by atoms with van der Waals surface area (Å²) in [5, 5.41) is 13.5. The lowest BCUT2D eigenvalue weighted by molar-refractivity contribution is -0.0315. The minimum absolute atomic E-state index is 0.480. The van der Waals surface area contributed by atoms with Crippen LogP contribution in [0.4, 0.5) is 0 Å². The number of benzene rings is 1. The first-order valence-corrected chi connectivity index (χ1v) is 7.20. The Morgan fingerprint density at radius 3 is 2.70 bits per heavy atom. The average Bonchev–Trinajstić information content (AvgIpc) is 2.79. The van der Waals surface area contributed by atoms with Crippen LogP contribution in [-0.2, 0) is 6.54 Å². The van der Waals surface area contributed by atoms with Crippen LogP contribution in [0.3, 0.4) is 0 Å². The molecule has 1 aromatic heterocycles. The number of nitrogens with zero attached hydrogens (tertiary/aromatic N) is 2. The third-order valence-electron chi connectivity index (χ3n) is 4.07. The normalized spacial score (nSPS) is 16.9. The number of nitrogens with one attached hydrogen (secondary N) is 1. The van der Waals surface area contributed by atoms with Crippen molar-refractivity contribution in [2.24, 2.45) is 0 Å². The second kappa shape index (κ2) is 5.38. The van der Waals surface area contributed by atoms with E-state index in [4.69, 9.17) is 0 Å².